The summed E-state index contributed by atoms with van der Waals surface area (Å²) in [7, 11) is 0. The first kappa shape index (κ1) is 17.4. The molecule has 120 valence electrons. The van der Waals surface area contributed by atoms with E-state index in [1.165, 1.54) is 0 Å². The minimum atomic E-state index is -5.54. The summed E-state index contributed by atoms with van der Waals surface area (Å²) in [5, 5.41) is 0. The SMILES string of the molecule is CC1(C)CC(C(F)(F)F)C(C(F)(F)F)C(C(F)(F)F)C1. The van der Waals surface area contributed by atoms with Gasteiger partial charge in [0.25, 0.3) is 0 Å². The summed E-state index contributed by atoms with van der Waals surface area (Å²) in [6.45, 7) is 2.24. The van der Waals surface area contributed by atoms with Crippen LogP contribution in [-0.4, -0.2) is 18.5 Å². The maximum absolute atomic E-state index is 12.8. The predicted octanol–water partition coefficient (Wildman–Crippen LogP) is 5.34. The number of hydrogen-bond donors (Lipinski definition) is 0. The lowest BCUT2D eigenvalue weighted by atomic mass is 9.61. The normalized spacial score (nSPS) is 32.2. The van der Waals surface area contributed by atoms with E-state index >= 15 is 0 Å². The Bertz CT molecular complexity index is 316. The lowest BCUT2D eigenvalue weighted by Crippen LogP contribution is -2.53. The summed E-state index contributed by atoms with van der Waals surface area (Å²) >= 11 is 0. The van der Waals surface area contributed by atoms with Crippen LogP contribution in [0.15, 0.2) is 0 Å². The van der Waals surface area contributed by atoms with Crippen LogP contribution < -0.4 is 0 Å². The molecular weight excluding hydrogens is 303 g/mol. The first-order valence-corrected chi connectivity index (χ1v) is 5.76. The Morgan fingerprint density at radius 3 is 1.15 bits per heavy atom. The van der Waals surface area contributed by atoms with E-state index in [1.54, 1.807) is 0 Å². The monoisotopic (exact) mass is 316 g/mol. The van der Waals surface area contributed by atoms with Gasteiger partial charge >= 0.3 is 18.5 Å². The summed E-state index contributed by atoms with van der Waals surface area (Å²) in [6.07, 6.45) is -18.1. The topological polar surface area (TPSA) is 0 Å². The summed E-state index contributed by atoms with van der Waals surface area (Å²) in [5.41, 5.74) is -1.46. The molecule has 0 saturated heterocycles. The van der Waals surface area contributed by atoms with Gasteiger partial charge in [-0.15, -0.1) is 0 Å². The Hall–Kier alpha value is -0.630. The fraction of sp³-hybridized carbons (Fsp3) is 1.00. The molecule has 0 N–H and O–H groups in total. The zero-order valence-corrected chi connectivity index (χ0v) is 10.5. The molecule has 0 radical (unpaired) electrons. The molecule has 0 heterocycles. The van der Waals surface area contributed by atoms with Crippen LogP contribution in [0.4, 0.5) is 39.5 Å². The van der Waals surface area contributed by atoms with Crippen molar-refractivity contribution in [2.45, 2.75) is 45.2 Å². The molecule has 0 spiro atoms. The molecule has 0 aliphatic heterocycles. The maximum atomic E-state index is 12.8. The third-order valence-electron chi connectivity index (χ3n) is 3.63. The fourth-order valence-electron chi connectivity index (χ4n) is 2.90. The maximum Gasteiger partial charge on any atom is 0.393 e. The molecule has 20 heavy (non-hydrogen) atoms. The van der Waals surface area contributed by atoms with Crippen molar-refractivity contribution in [2.75, 3.05) is 0 Å². The van der Waals surface area contributed by atoms with E-state index in [0.717, 1.165) is 13.8 Å². The Labute approximate surface area is 109 Å². The number of rotatable bonds is 0. The Morgan fingerprint density at radius 2 is 0.950 bits per heavy atom. The van der Waals surface area contributed by atoms with E-state index in [1.807, 2.05) is 0 Å². The van der Waals surface area contributed by atoms with E-state index in [-0.39, 0.29) is 0 Å². The second kappa shape index (κ2) is 4.69. The molecule has 1 aliphatic carbocycles. The van der Waals surface area contributed by atoms with Crippen LogP contribution >= 0.6 is 0 Å². The van der Waals surface area contributed by atoms with Crippen LogP contribution in [0.25, 0.3) is 0 Å². The molecule has 0 nitrogen and oxygen atoms in total. The average molecular weight is 316 g/mol. The largest absolute Gasteiger partial charge is 0.393 e. The lowest BCUT2D eigenvalue weighted by molar-refractivity contribution is -0.321. The predicted molar refractivity (Wildman–Crippen MR) is 51.7 cm³/mol. The molecule has 0 bridgehead atoms. The van der Waals surface area contributed by atoms with Gasteiger partial charge in [0.1, 0.15) is 0 Å². The van der Waals surface area contributed by atoms with E-state index in [2.05, 4.69) is 0 Å². The highest BCUT2D eigenvalue weighted by atomic mass is 19.4. The van der Waals surface area contributed by atoms with Gasteiger partial charge in [-0.2, -0.15) is 39.5 Å². The Balaban J connectivity index is 3.33. The molecule has 0 aromatic carbocycles. The lowest BCUT2D eigenvalue weighted by Gasteiger charge is -2.47. The van der Waals surface area contributed by atoms with Gasteiger partial charge in [0.2, 0.25) is 0 Å². The molecule has 2 atom stereocenters. The van der Waals surface area contributed by atoms with Crippen LogP contribution in [0.1, 0.15) is 26.7 Å². The molecule has 1 saturated carbocycles. The Kier molecular flexibility index (Phi) is 4.09. The van der Waals surface area contributed by atoms with Crippen molar-refractivity contribution in [3.8, 4) is 0 Å². The molecule has 1 rings (SSSR count). The van der Waals surface area contributed by atoms with Crippen molar-refractivity contribution >= 4 is 0 Å². The van der Waals surface area contributed by atoms with Crippen molar-refractivity contribution in [3.63, 3.8) is 0 Å². The fourth-order valence-corrected chi connectivity index (χ4v) is 2.90. The first-order valence-electron chi connectivity index (χ1n) is 5.76. The molecule has 0 aromatic heterocycles. The highest BCUT2D eigenvalue weighted by molar-refractivity contribution is 4.98. The minimum Gasteiger partial charge on any atom is -0.171 e. The van der Waals surface area contributed by atoms with Crippen molar-refractivity contribution in [1.29, 1.82) is 0 Å². The molecular formula is C11H13F9. The van der Waals surface area contributed by atoms with Gasteiger partial charge in [-0.25, -0.2) is 0 Å². The van der Waals surface area contributed by atoms with Gasteiger partial charge in [0.05, 0.1) is 17.8 Å². The summed E-state index contributed by atoms with van der Waals surface area (Å²) in [5.74, 6) is -9.49. The van der Waals surface area contributed by atoms with E-state index < -0.39 is 54.5 Å². The van der Waals surface area contributed by atoms with Gasteiger partial charge in [-0.05, 0) is 18.3 Å². The van der Waals surface area contributed by atoms with Crippen LogP contribution in [-0.2, 0) is 0 Å². The summed E-state index contributed by atoms with van der Waals surface area (Å²) < 4.78 is 115. The number of alkyl halides is 9. The zero-order valence-electron chi connectivity index (χ0n) is 10.5. The van der Waals surface area contributed by atoms with Crippen molar-refractivity contribution in [3.05, 3.63) is 0 Å². The van der Waals surface area contributed by atoms with Crippen LogP contribution in [0.5, 0.6) is 0 Å². The minimum absolute atomic E-state index is 0.965. The number of hydrogen-bond acceptors (Lipinski definition) is 0. The van der Waals surface area contributed by atoms with Gasteiger partial charge in [-0.1, -0.05) is 13.8 Å². The van der Waals surface area contributed by atoms with Crippen LogP contribution in [0, 0.1) is 23.2 Å². The average Bonchev–Trinajstić information content (AvgIpc) is 2.09. The zero-order chi connectivity index (χ0) is 16.1. The second-order valence-corrected chi connectivity index (χ2v) is 5.94. The highest BCUT2D eigenvalue weighted by Gasteiger charge is 2.66. The third-order valence-corrected chi connectivity index (χ3v) is 3.63. The summed E-state index contributed by atoms with van der Waals surface area (Å²) in [4.78, 5) is 0. The Morgan fingerprint density at radius 1 is 0.650 bits per heavy atom. The van der Waals surface area contributed by atoms with Crippen LogP contribution in [0.2, 0.25) is 0 Å². The van der Waals surface area contributed by atoms with E-state index in [0.29, 0.717) is 0 Å². The molecule has 2 unspecified atom stereocenters. The smallest absolute Gasteiger partial charge is 0.171 e. The number of halogens is 9. The molecule has 0 aromatic rings. The van der Waals surface area contributed by atoms with E-state index in [9.17, 15) is 39.5 Å². The van der Waals surface area contributed by atoms with Gasteiger partial charge in [0.15, 0.2) is 0 Å². The van der Waals surface area contributed by atoms with Crippen LogP contribution in [0.3, 0.4) is 0 Å². The quantitative estimate of drug-likeness (QED) is 0.529. The van der Waals surface area contributed by atoms with Crippen molar-refractivity contribution in [2.24, 2.45) is 23.2 Å². The van der Waals surface area contributed by atoms with Crippen molar-refractivity contribution < 1.29 is 39.5 Å². The van der Waals surface area contributed by atoms with Gasteiger partial charge in [-0.3, -0.25) is 0 Å². The van der Waals surface area contributed by atoms with E-state index in [4.69, 9.17) is 0 Å². The molecule has 9 heteroatoms. The molecule has 1 fully saturated rings. The standard InChI is InChI=1S/C11H13F9/c1-8(2)3-5(9(12,13)14)7(11(18,19)20)6(4-8)10(15,16)17/h5-7H,3-4H2,1-2H3. The van der Waals surface area contributed by atoms with Gasteiger partial charge < -0.3 is 0 Å². The second-order valence-electron chi connectivity index (χ2n) is 5.94. The third kappa shape index (κ3) is 3.72. The van der Waals surface area contributed by atoms with Crippen molar-refractivity contribution in [1.82, 2.24) is 0 Å². The summed E-state index contributed by atoms with van der Waals surface area (Å²) in [6, 6.07) is 0. The molecule has 1 aliphatic rings. The highest BCUT2D eigenvalue weighted by Crippen LogP contribution is 2.59. The first-order chi connectivity index (χ1) is 8.56. The molecule has 0 amide bonds. The van der Waals surface area contributed by atoms with Gasteiger partial charge in [0, 0.05) is 0 Å².